The third kappa shape index (κ3) is 5.83. The van der Waals surface area contributed by atoms with Crippen LogP contribution in [0.1, 0.15) is 40.5 Å². The van der Waals surface area contributed by atoms with Gasteiger partial charge in [0.15, 0.2) is 17.5 Å². The molecule has 3 heterocycles. The molecule has 3 nitrogen and oxygen atoms in total. The molecule has 3 unspecified atom stereocenters. The van der Waals surface area contributed by atoms with Crippen molar-refractivity contribution in [1.82, 2.24) is 15.0 Å². The zero-order chi connectivity index (χ0) is 40.7. The van der Waals surface area contributed by atoms with E-state index in [2.05, 4.69) is 176 Å². The highest BCUT2D eigenvalue weighted by molar-refractivity contribution is 8.01. The summed E-state index contributed by atoms with van der Waals surface area (Å²) in [6.07, 6.45) is 14.9. The van der Waals surface area contributed by atoms with Crippen LogP contribution < -0.4 is 0 Å². The number of aromatic nitrogens is 3. The number of rotatable bonds is 5. The van der Waals surface area contributed by atoms with Crippen LogP contribution in [0.2, 0.25) is 0 Å². The number of thiophene rings is 1. The first-order chi connectivity index (χ1) is 30.7. The highest BCUT2D eigenvalue weighted by Gasteiger charge is 2.34. The van der Waals surface area contributed by atoms with E-state index in [-0.39, 0.29) is 0 Å². The third-order valence-corrected chi connectivity index (χ3v) is 15.5. The number of benzene rings is 7. The van der Waals surface area contributed by atoms with Crippen molar-refractivity contribution in [3.8, 4) is 56.4 Å². The number of nitrogens with zero attached hydrogens (tertiary/aromatic N) is 3. The normalized spacial score (nSPS) is 18.1. The Morgan fingerprint density at radius 3 is 1.89 bits per heavy atom. The van der Waals surface area contributed by atoms with E-state index in [4.69, 9.17) is 15.0 Å². The summed E-state index contributed by atoms with van der Waals surface area (Å²) in [4.78, 5) is 16.6. The Hall–Kier alpha value is -6.92. The molecule has 3 atom stereocenters. The molecule has 0 fully saturated rings. The van der Waals surface area contributed by atoms with Crippen molar-refractivity contribution in [3.05, 3.63) is 216 Å². The first kappa shape index (κ1) is 35.8. The van der Waals surface area contributed by atoms with Crippen LogP contribution in [0.25, 0.3) is 87.7 Å². The van der Waals surface area contributed by atoms with Crippen LogP contribution in [0.15, 0.2) is 199 Å². The molecule has 1 aliphatic heterocycles. The number of thioether (sulfide) groups is 1. The van der Waals surface area contributed by atoms with Crippen molar-refractivity contribution in [1.29, 1.82) is 0 Å². The van der Waals surface area contributed by atoms with E-state index < -0.39 is 0 Å². The molecule has 0 amide bonds. The lowest BCUT2D eigenvalue weighted by Crippen LogP contribution is -2.16. The molecular formula is C57H37N3S2. The minimum Gasteiger partial charge on any atom is -0.208 e. The lowest BCUT2D eigenvalue weighted by atomic mass is 9.69. The monoisotopic (exact) mass is 827 g/mol. The first-order valence-corrected chi connectivity index (χ1v) is 23.0. The van der Waals surface area contributed by atoms with Crippen molar-refractivity contribution >= 4 is 54.4 Å². The van der Waals surface area contributed by atoms with Gasteiger partial charge in [-0.2, -0.15) is 0 Å². The highest BCUT2D eigenvalue weighted by atomic mass is 32.2. The van der Waals surface area contributed by atoms with Crippen LogP contribution in [0, 0.1) is 0 Å². The summed E-state index contributed by atoms with van der Waals surface area (Å²) in [5.74, 6) is 2.75. The molecule has 4 aliphatic rings. The van der Waals surface area contributed by atoms with Gasteiger partial charge < -0.3 is 0 Å². The van der Waals surface area contributed by atoms with Gasteiger partial charge in [0, 0.05) is 58.8 Å². The van der Waals surface area contributed by atoms with Gasteiger partial charge >= 0.3 is 0 Å². The summed E-state index contributed by atoms with van der Waals surface area (Å²) in [5.41, 5.74) is 16.2. The molecule has 292 valence electrons. The zero-order valence-electron chi connectivity index (χ0n) is 33.6. The van der Waals surface area contributed by atoms with Gasteiger partial charge in [-0.05, 0) is 92.4 Å². The van der Waals surface area contributed by atoms with Gasteiger partial charge in [-0.25, -0.2) is 15.0 Å². The quantitative estimate of drug-likeness (QED) is 0.173. The summed E-state index contributed by atoms with van der Waals surface area (Å²) in [5, 5.41) is 2.93. The summed E-state index contributed by atoms with van der Waals surface area (Å²) in [7, 11) is 0. The van der Waals surface area contributed by atoms with E-state index >= 15 is 0 Å². The number of allylic oxidation sites excluding steroid dienone is 7. The fourth-order valence-electron chi connectivity index (χ4n) is 10.1. The SMILES string of the molecule is C1=CC2c3ccccc3-c3cc(-c4ccc5c(c4)C4=C(c6ccc(-c7nc(-c8ccccc8)nc(-c8ccc9c(c8)sc8ccccc89)n7)cc6)C=CCC4S5)ccc3C2C=C1. The van der Waals surface area contributed by atoms with E-state index in [1.165, 1.54) is 80.7 Å². The minimum absolute atomic E-state index is 0.366. The van der Waals surface area contributed by atoms with Crippen LogP contribution >= 0.6 is 23.1 Å². The van der Waals surface area contributed by atoms with Gasteiger partial charge in [0.25, 0.3) is 0 Å². The molecule has 2 aromatic heterocycles. The topological polar surface area (TPSA) is 38.7 Å². The summed E-state index contributed by atoms with van der Waals surface area (Å²) in [6, 6.07) is 57.5. The Morgan fingerprint density at radius 2 is 1.06 bits per heavy atom. The van der Waals surface area contributed by atoms with Crippen LogP contribution in [-0.2, 0) is 0 Å². The molecule has 9 aromatic rings. The van der Waals surface area contributed by atoms with Crippen molar-refractivity contribution in [2.24, 2.45) is 0 Å². The summed E-state index contributed by atoms with van der Waals surface area (Å²) in [6.45, 7) is 0. The smallest absolute Gasteiger partial charge is 0.164 e. The second kappa shape index (κ2) is 14.3. The van der Waals surface area contributed by atoms with Crippen molar-refractivity contribution in [3.63, 3.8) is 0 Å². The van der Waals surface area contributed by atoms with E-state index in [1.54, 1.807) is 0 Å². The minimum atomic E-state index is 0.366. The first-order valence-electron chi connectivity index (χ1n) is 21.3. The lowest BCUT2D eigenvalue weighted by Gasteiger charge is -2.34. The van der Waals surface area contributed by atoms with Crippen molar-refractivity contribution in [2.45, 2.75) is 28.4 Å². The third-order valence-electron chi connectivity index (χ3n) is 13.0. The Balaban J connectivity index is 0.870. The van der Waals surface area contributed by atoms with Gasteiger partial charge in [-0.3, -0.25) is 0 Å². The number of hydrogen-bond acceptors (Lipinski definition) is 5. The molecule has 13 rings (SSSR count). The van der Waals surface area contributed by atoms with Gasteiger partial charge in [-0.15, -0.1) is 23.1 Å². The Labute approximate surface area is 368 Å². The van der Waals surface area contributed by atoms with Gasteiger partial charge in [-0.1, -0.05) is 164 Å². The molecule has 0 saturated carbocycles. The second-order valence-corrected chi connectivity index (χ2v) is 18.9. The van der Waals surface area contributed by atoms with Gasteiger partial charge in [0.1, 0.15) is 0 Å². The van der Waals surface area contributed by atoms with E-state index in [0.717, 1.165) is 23.1 Å². The van der Waals surface area contributed by atoms with Gasteiger partial charge in [0.2, 0.25) is 0 Å². The molecular weight excluding hydrogens is 791 g/mol. The number of hydrogen-bond donors (Lipinski definition) is 0. The second-order valence-electron chi connectivity index (χ2n) is 16.6. The largest absolute Gasteiger partial charge is 0.208 e. The molecule has 0 saturated heterocycles. The van der Waals surface area contributed by atoms with Gasteiger partial charge in [0.05, 0.1) is 0 Å². The molecule has 0 bridgehead atoms. The summed E-state index contributed by atoms with van der Waals surface area (Å²) >= 11 is 3.81. The molecule has 62 heavy (non-hydrogen) atoms. The van der Waals surface area contributed by atoms with Crippen LogP contribution in [0.4, 0.5) is 0 Å². The Bertz CT molecular complexity index is 3430. The molecule has 0 radical (unpaired) electrons. The van der Waals surface area contributed by atoms with Crippen molar-refractivity contribution < 1.29 is 0 Å². The average Bonchev–Trinajstić information content (AvgIpc) is 3.92. The number of fused-ring (bicyclic) bond motifs is 12. The fourth-order valence-corrected chi connectivity index (χ4v) is 12.5. The van der Waals surface area contributed by atoms with E-state index in [0.29, 0.717) is 34.6 Å². The van der Waals surface area contributed by atoms with Crippen LogP contribution in [0.3, 0.4) is 0 Å². The van der Waals surface area contributed by atoms with E-state index in [9.17, 15) is 0 Å². The lowest BCUT2D eigenvalue weighted by molar-refractivity contribution is 0.720. The average molecular weight is 828 g/mol. The predicted octanol–water partition coefficient (Wildman–Crippen LogP) is 15.2. The van der Waals surface area contributed by atoms with Crippen molar-refractivity contribution in [2.75, 3.05) is 0 Å². The molecule has 7 aromatic carbocycles. The zero-order valence-corrected chi connectivity index (χ0v) is 35.2. The molecule has 0 spiro atoms. The summed E-state index contributed by atoms with van der Waals surface area (Å²) < 4.78 is 2.51. The van der Waals surface area contributed by atoms with Crippen LogP contribution in [-0.4, -0.2) is 20.2 Å². The predicted molar refractivity (Wildman–Crippen MR) is 260 cm³/mol. The molecule has 5 heteroatoms. The highest BCUT2D eigenvalue weighted by Crippen LogP contribution is 2.54. The van der Waals surface area contributed by atoms with E-state index in [1.807, 2.05) is 41.3 Å². The Morgan fingerprint density at radius 1 is 0.452 bits per heavy atom. The maximum Gasteiger partial charge on any atom is 0.164 e. The Kier molecular flexibility index (Phi) is 8.28. The maximum absolute atomic E-state index is 5.13. The molecule has 0 N–H and O–H groups in total. The maximum atomic E-state index is 5.13. The molecule has 3 aliphatic carbocycles. The fraction of sp³-hybridized carbons (Fsp3) is 0.0702. The standard InChI is InChI=1S/C57H37N3S2/c1-2-11-35(12-3-1)55-58-56(60-57(59-55)39-26-29-47-46-17-8-9-19-50(46)62-53(47)33-39)36-23-21-34(22-24-36)40-18-10-20-52-54(40)49-32-38(27-30-51(49)61-52)37-25-28-45-43-15-5-4-13-41(43)42-14-6-7-16-44(42)48(45)31-37/h1-19,21-33,41,43,52H,20H2. The van der Waals surface area contributed by atoms with Crippen LogP contribution in [0.5, 0.6) is 0 Å².